The summed E-state index contributed by atoms with van der Waals surface area (Å²) in [6.45, 7) is 2.05. The molecule has 3 aromatic carbocycles. The molecule has 2 amide bonds. The predicted molar refractivity (Wildman–Crippen MR) is 129 cm³/mol. The quantitative estimate of drug-likeness (QED) is 0.366. The number of nitrogens with zero attached hydrogens (tertiary/aromatic N) is 2. The van der Waals surface area contributed by atoms with Gasteiger partial charge in [-0.3, -0.25) is 19.6 Å². The van der Waals surface area contributed by atoms with Crippen LogP contribution in [0.4, 0.5) is 18.9 Å². The van der Waals surface area contributed by atoms with Crippen LogP contribution in [0.3, 0.4) is 0 Å². The van der Waals surface area contributed by atoms with Crippen LogP contribution in [0.25, 0.3) is 11.1 Å². The fourth-order valence-corrected chi connectivity index (χ4v) is 3.46. The molecule has 36 heavy (non-hydrogen) atoms. The second-order valence-electron chi connectivity index (χ2n) is 7.98. The highest BCUT2D eigenvalue weighted by molar-refractivity contribution is 6.09. The number of amides is 2. The number of anilines is 1. The van der Waals surface area contributed by atoms with Crippen LogP contribution in [0.15, 0.2) is 85.2 Å². The molecule has 0 bridgehead atoms. The van der Waals surface area contributed by atoms with Crippen molar-refractivity contribution in [3.05, 3.63) is 113 Å². The number of carbonyl (C=O) groups excluding carboxylic acids is 2. The Labute approximate surface area is 205 Å². The summed E-state index contributed by atoms with van der Waals surface area (Å²) in [7, 11) is 0. The molecule has 0 unspecified atom stereocenters. The minimum atomic E-state index is -4.44. The maximum Gasteiger partial charge on any atom is 0.416 e. The van der Waals surface area contributed by atoms with Gasteiger partial charge >= 0.3 is 6.18 Å². The van der Waals surface area contributed by atoms with Crippen molar-refractivity contribution in [1.82, 2.24) is 15.3 Å². The monoisotopic (exact) mass is 490 g/mol. The molecule has 0 saturated carbocycles. The maximum absolute atomic E-state index is 13.0. The van der Waals surface area contributed by atoms with Crippen LogP contribution in [0.1, 0.15) is 37.7 Å². The molecule has 1 heterocycles. The number of carbonyl (C=O) groups is 2. The average molecular weight is 490 g/mol. The molecule has 0 aliphatic rings. The molecule has 0 fully saturated rings. The summed E-state index contributed by atoms with van der Waals surface area (Å²) >= 11 is 0. The van der Waals surface area contributed by atoms with Crippen LogP contribution in [0.2, 0.25) is 0 Å². The average Bonchev–Trinajstić information content (AvgIpc) is 2.88. The third kappa shape index (κ3) is 5.93. The van der Waals surface area contributed by atoms with Gasteiger partial charge in [-0.1, -0.05) is 30.3 Å². The van der Waals surface area contributed by atoms with Gasteiger partial charge in [-0.25, -0.2) is 0 Å². The number of aromatic nitrogens is 2. The molecule has 4 aromatic rings. The standard InChI is InChI=1S/C27H21F3N4O2/c1-17-14-32-22(15-31-17)16-33-25(35)19-8-12-21(13-9-19)34-26(36)24-5-3-2-4-23(24)18-6-10-20(11-7-18)27(28,29)30/h2-15H,16H2,1H3,(H,33,35)(H,34,36). The molecule has 0 aliphatic carbocycles. The molecule has 9 heteroatoms. The molecule has 0 aliphatic heterocycles. The van der Waals surface area contributed by atoms with Gasteiger partial charge < -0.3 is 10.6 Å². The summed E-state index contributed by atoms with van der Waals surface area (Å²) < 4.78 is 38.7. The third-order valence-corrected chi connectivity index (χ3v) is 5.36. The normalized spacial score (nSPS) is 11.1. The molecule has 4 rings (SSSR count). The molecule has 0 spiro atoms. The van der Waals surface area contributed by atoms with E-state index in [9.17, 15) is 22.8 Å². The van der Waals surface area contributed by atoms with Crippen LogP contribution in [-0.2, 0) is 12.7 Å². The minimum Gasteiger partial charge on any atom is -0.346 e. The molecule has 1 aromatic heterocycles. The number of hydrogen-bond donors (Lipinski definition) is 2. The first kappa shape index (κ1) is 24.6. The number of nitrogens with one attached hydrogen (secondary N) is 2. The van der Waals surface area contributed by atoms with Gasteiger partial charge in [0.25, 0.3) is 11.8 Å². The summed E-state index contributed by atoms with van der Waals surface area (Å²) in [6, 6.07) is 17.6. The SMILES string of the molecule is Cc1cnc(CNC(=O)c2ccc(NC(=O)c3ccccc3-c3ccc(C(F)(F)F)cc3)cc2)cn1. The molecule has 0 saturated heterocycles. The van der Waals surface area contributed by atoms with Crippen molar-refractivity contribution in [3.8, 4) is 11.1 Å². The summed E-state index contributed by atoms with van der Waals surface area (Å²) in [5.41, 5.74) is 2.80. The van der Waals surface area contributed by atoms with Crippen LogP contribution >= 0.6 is 0 Å². The second kappa shape index (κ2) is 10.4. The highest BCUT2D eigenvalue weighted by Crippen LogP contribution is 2.32. The Kier molecular flexibility index (Phi) is 7.10. The Morgan fingerprint density at radius 1 is 0.833 bits per heavy atom. The number of alkyl halides is 3. The second-order valence-corrected chi connectivity index (χ2v) is 7.98. The predicted octanol–water partition coefficient (Wildman–Crippen LogP) is 5.65. The summed E-state index contributed by atoms with van der Waals surface area (Å²) in [4.78, 5) is 33.7. The lowest BCUT2D eigenvalue weighted by atomic mass is 9.98. The van der Waals surface area contributed by atoms with Gasteiger partial charge in [-0.05, 0) is 60.5 Å². The van der Waals surface area contributed by atoms with Crippen molar-refractivity contribution in [2.45, 2.75) is 19.6 Å². The van der Waals surface area contributed by atoms with E-state index in [-0.39, 0.29) is 12.5 Å². The molecular formula is C27H21F3N4O2. The van der Waals surface area contributed by atoms with E-state index in [1.807, 2.05) is 6.92 Å². The molecule has 0 atom stereocenters. The maximum atomic E-state index is 13.0. The van der Waals surface area contributed by atoms with Gasteiger partial charge in [0, 0.05) is 23.0 Å². The number of rotatable bonds is 6. The van der Waals surface area contributed by atoms with Crippen LogP contribution in [-0.4, -0.2) is 21.8 Å². The molecule has 6 nitrogen and oxygen atoms in total. The Morgan fingerprint density at radius 2 is 1.53 bits per heavy atom. The van der Waals surface area contributed by atoms with Gasteiger partial charge in [-0.2, -0.15) is 13.2 Å². The third-order valence-electron chi connectivity index (χ3n) is 5.36. The molecule has 182 valence electrons. The Bertz CT molecular complexity index is 1370. The van der Waals surface area contributed by atoms with Gasteiger partial charge in [0.1, 0.15) is 0 Å². The van der Waals surface area contributed by atoms with Crippen LogP contribution < -0.4 is 10.6 Å². The Hall–Kier alpha value is -4.53. The lowest BCUT2D eigenvalue weighted by Crippen LogP contribution is -2.23. The van der Waals surface area contributed by atoms with Crippen LogP contribution in [0, 0.1) is 6.92 Å². The topological polar surface area (TPSA) is 84.0 Å². The highest BCUT2D eigenvalue weighted by atomic mass is 19.4. The van der Waals surface area contributed by atoms with Crippen LogP contribution in [0.5, 0.6) is 0 Å². The Morgan fingerprint density at radius 3 is 2.17 bits per heavy atom. The van der Waals surface area contributed by atoms with E-state index in [4.69, 9.17) is 0 Å². The lowest BCUT2D eigenvalue weighted by molar-refractivity contribution is -0.137. The van der Waals surface area contributed by atoms with E-state index in [0.717, 1.165) is 17.8 Å². The van der Waals surface area contributed by atoms with E-state index in [0.29, 0.717) is 33.6 Å². The fourth-order valence-electron chi connectivity index (χ4n) is 3.46. The van der Waals surface area contributed by atoms with Crippen molar-refractivity contribution >= 4 is 17.5 Å². The first-order chi connectivity index (χ1) is 17.2. The van der Waals surface area contributed by atoms with E-state index < -0.39 is 17.6 Å². The van der Waals surface area contributed by atoms with Crippen molar-refractivity contribution in [2.75, 3.05) is 5.32 Å². The summed E-state index contributed by atoms with van der Waals surface area (Å²) in [5.74, 6) is -0.733. The van der Waals surface area contributed by atoms with Gasteiger partial charge in [-0.15, -0.1) is 0 Å². The van der Waals surface area contributed by atoms with E-state index in [1.54, 1.807) is 60.9 Å². The van der Waals surface area contributed by atoms with E-state index in [2.05, 4.69) is 20.6 Å². The number of benzene rings is 3. The van der Waals surface area contributed by atoms with Crippen molar-refractivity contribution in [3.63, 3.8) is 0 Å². The molecular weight excluding hydrogens is 469 g/mol. The number of hydrogen-bond acceptors (Lipinski definition) is 4. The first-order valence-corrected chi connectivity index (χ1v) is 10.9. The number of halogens is 3. The molecule has 0 radical (unpaired) electrons. The first-order valence-electron chi connectivity index (χ1n) is 10.9. The molecule has 2 N–H and O–H groups in total. The van der Waals surface area contributed by atoms with Gasteiger partial charge in [0.2, 0.25) is 0 Å². The van der Waals surface area contributed by atoms with E-state index >= 15 is 0 Å². The fraction of sp³-hybridized carbons (Fsp3) is 0.111. The summed E-state index contributed by atoms with van der Waals surface area (Å²) in [6.07, 6.45) is -1.22. The number of aryl methyl sites for hydroxylation is 1. The van der Waals surface area contributed by atoms with Crippen molar-refractivity contribution in [1.29, 1.82) is 0 Å². The zero-order valence-corrected chi connectivity index (χ0v) is 19.1. The van der Waals surface area contributed by atoms with Gasteiger partial charge in [0.15, 0.2) is 0 Å². The van der Waals surface area contributed by atoms with Crippen molar-refractivity contribution < 1.29 is 22.8 Å². The van der Waals surface area contributed by atoms with Crippen molar-refractivity contribution in [2.24, 2.45) is 0 Å². The van der Waals surface area contributed by atoms with E-state index in [1.165, 1.54) is 12.1 Å². The lowest BCUT2D eigenvalue weighted by Gasteiger charge is -2.12. The smallest absolute Gasteiger partial charge is 0.346 e. The summed E-state index contributed by atoms with van der Waals surface area (Å²) in [5, 5.41) is 5.52. The minimum absolute atomic E-state index is 0.228. The van der Waals surface area contributed by atoms with Gasteiger partial charge in [0.05, 0.1) is 29.7 Å². The highest BCUT2D eigenvalue weighted by Gasteiger charge is 2.30. The largest absolute Gasteiger partial charge is 0.416 e. The zero-order valence-electron chi connectivity index (χ0n) is 19.1. The zero-order chi connectivity index (χ0) is 25.7. The Balaban J connectivity index is 1.43.